The molecule has 8 heteroatoms. The summed E-state index contributed by atoms with van der Waals surface area (Å²) in [6.07, 6.45) is 1.07. The molecule has 0 fully saturated rings. The molecule has 0 aromatic heterocycles. The molecular formula is C12H20N2O4S2. The minimum absolute atomic E-state index is 0.0495. The van der Waals surface area contributed by atoms with Gasteiger partial charge < -0.3 is 5.73 Å². The number of sulfonamides is 1. The summed E-state index contributed by atoms with van der Waals surface area (Å²) in [5, 5.41) is 0. The van der Waals surface area contributed by atoms with Crippen LogP contribution in [0.5, 0.6) is 0 Å². The molecular weight excluding hydrogens is 300 g/mol. The third-order valence-electron chi connectivity index (χ3n) is 3.06. The standard InChI is InChI=1S/C12H20N2O4S2/c1-9-5-6-10(2)12(11(9)13)20(17,18)14(3)7-8-19(4,15)16/h5-6H,7-8,13H2,1-4H3. The topological polar surface area (TPSA) is 97.5 Å². The van der Waals surface area contributed by atoms with Gasteiger partial charge in [-0.2, -0.15) is 4.31 Å². The first-order valence-electron chi connectivity index (χ1n) is 5.96. The summed E-state index contributed by atoms with van der Waals surface area (Å²) in [6, 6.07) is 3.43. The third-order valence-corrected chi connectivity index (χ3v) is 6.04. The van der Waals surface area contributed by atoms with Crippen molar-refractivity contribution in [1.82, 2.24) is 4.31 Å². The maximum Gasteiger partial charge on any atom is 0.245 e. The van der Waals surface area contributed by atoms with Gasteiger partial charge in [0.15, 0.2) is 0 Å². The summed E-state index contributed by atoms with van der Waals surface area (Å²) < 4.78 is 48.3. The van der Waals surface area contributed by atoms with E-state index < -0.39 is 19.9 Å². The normalized spacial score (nSPS) is 12.8. The van der Waals surface area contributed by atoms with E-state index in [4.69, 9.17) is 5.73 Å². The second-order valence-electron chi connectivity index (χ2n) is 4.90. The molecule has 0 aliphatic heterocycles. The minimum Gasteiger partial charge on any atom is -0.397 e. The van der Waals surface area contributed by atoms with E-state index in [0.29, 0.717) is 11.1 Å². The molecule has 1 rings (SSSR count). The maximum absolute atomic E-state index is 12.5. The van der Waals surface area contributed by atoms with Gasteiger partial charge in [-0.05, 0) is 25.0 Å². The highest BCUT2D eigenvalue weighted by molar-refractivity contribution is 7.91. The Labute approximate surface area is 120 Å². The Kier molecular flexibility index (Phi) is 4.83. The smallest absolute Gasteiger partial charge is 0.245 e. The molecule has 0 amide bonds. The van der Waals surface area contributed by atoms with E-state index in [1.54, 1.807) is 26.0 Å². The minimum atomic E-state index is -3.80. The molecule has 1 aromatic rings. The Hall–Kier alpha value is -1.12. The lowest BCUT2D eigenvalue weighted by atomic mass is 10.1. The van der Waals surface area contributed by atoms with Crippen LogP contribution in [-0.2, 0) is 19.9 Å². The molecule has 114 valence electrons. The average Bonchev–Trinajstić information content (AvgIpc) is 2.30. The van der Waals surface area contributed by atoms with E-state index >= 15 is 0 Å². The highest BCUT2D eigenvalue weighted by Crippen LogP contribution is 2.28. The van der Waals surface area contributed by atoms with Crippen LogP contribution in [-0.4, -0.2) is 46.7 Å². The highest BCUT2D eigenvalue weighted by atomic mass is 32.2. The van der Waals surface area contributed by atoms with Gasteiger partial charge >= 0.3 is 0 Å². The lowest BCUT2D eigenvalue weighted by molar-refractivity contribution is 0.484. The van der Waals surface area contributed by atoms with Crippen LogP contribution in [0.2, 0.25) is 0 Å². The van der Waals surface area contributed by atoms with Gasteiger partial charge in [-0.1, -0.05) is 12.1 Å². The summed E-state index contributed by atoms with van der Waals surface area (Å²) in [4.78, 5) is 0.0495. The molecule has 0 radical (unpaired) electrons. The largest absolute Gasteiger partial charge is 0.397 e. The number of rotatable bonds is 5. The lowest BCUT2D eigenvalue weighted by Gasteiger charge is -2.20. The van der Waals surface area contributed by atoms with Crippen LogP contribution in [0.1, 0.15) is 11.1 Å². The number of hydrogen-bond acceptors (Lipinski definition) is 5. The molecule has 1 aromatic carbocycles. The van der Waals surface area contributed by atoms with E-state index in [0.717, 1.165) is 10.6 Å². The fourth-order valence-electron chi connectivity index (χ4n) is 1.72. The van der Waals surface area contributed by atoms with Crippen molar-refractivity contribution in [2.75, 3.05) is 31.3 Å². The number of benzene rings is 1. The quantitative estimate of drug-likeness (QED) is 0.799. The van der Waals surface area contributed by atoms with Gasteiger partial charge in [0.2, 0.25) is 10.0 Å². The molecule has 0 atom stereocenters. The molecule has 0 aliphatic carbocycles. The first kappa shape index (κ1) is 16.9. The zero-order valence-electron chi connectivity index (χ0n) is 12.0. The summed E-state index contributed by atoms with van der Waals surface area (Å²) in [6.45, 7) is 3.28. The fraction of sp³-hybridized carbons (Fsp3) is 0.500. The van der Waals surface area contributed by atoms with Gasteiger partial charge in [0.1, 0.15) is 14.7 Å². The van der Waals surface area contributed by atoms with Gasteiger partial charge in [-0.15, -0.1) is 0 Å². The van der Waals surface area contributed by atoms with Crippen molar-refractivity contribution in [1.29, 1.82) is 0 Å². The van der Waals surface area contributed by atoms with Gasteiger partial charge in [0, 0.05) is 19.8 Å². The molecule has 6 nitrogen and oxygen atoms in total. The zero-order chi connectivity index (χ0) is 15.7. The average molecular weight is 320 g/mol. The second kappa shape index (κ2) is 5.71. The molecule has 0 saturated heterocycles. The number of nitrogens with zero attached hydrogens (tertiary/aromatic N) is 1. The van der Waals surface area contributed by atoms with Crippen molar-refractivity contribution in [2.24, 2.45) is 0 Å². The van der Waals surface area contributed by atoms with Gasteiger partial charge in [0.05, 0.1) is 11.4 Å². The van der Waals surface area contributed by atoms with Gasteiger partial charge in [-0.3, -0.25) is 0 Å². The van der Waals surface area contributed by atoms with E-state index in [1.807, 2.05) is 0 Å². The van der Waals surface area contributed by atoms with E-state index in [1.165, 1.54) is 7.05 Å². The van der Waals surface area contributed by atoms with Crippen molar-refractivity contribution in [2.45, 2.75) is 18.7 Å². The van der Waals surface area contributed by atoms with Crippen molar-refractivity contribution in [3.63, 3.8) is 0 Å². The van der Waals surface area contributed by atoms with Crippen LogP contribution in [0.15, 0.2) is 17.0 Å². The number of aryl methyl sites for hydroxylation is 2. The van der Waals surface area contributed by atoms with Crippen LogP contribution < -0.4 is 5.73 Å². The summed E-state index contributed by atoms with van der Waals surface area (Å²) in [5.74, 6) is -0.229. The molecule has 0 aliphatic rings. The molecule has 0 unspecified atom stereocenters. The van der Waals surface area contributed by atoms with Crippen LogP contribution in [0.4, 0.5) is 5.69 Å². The molecule has 0 heterocycles. The molecule has 2 N–H and O–H groups in total. The Balaban J connectivity index is 3.21. The van der Waals surface area contributed by atoms with Crippen molar-refractivity contribution in [3.8, 4) is 0 Å². The third kappa shape index (κ3) is 3.71. The lowest BCUT2D eigenvalue weighted by Crippen LogP contribution is -2.32. The Morgan fingerprint density at radius 2 is 1.60 bits per heavy atom. The van der Waals surface area contributed by atoms with Crippen molar-refractivity contribution in [3.05, 3.63) is 23.3 Å². The Morgan fingerprint density at radius 1 is 1.10 bits per heavy atom. The summed E-state index contributed by atoms with van der Waals surface area (Å²) in [5.41, 5.74) is 7.28. The second-order valence-corrected chi connectivity index (χ2v) is 9.14. The maximum atomic E-state index is 12.5. The number of anilines is 1. The van der Waals surface area contributed by atoms with E-state index in [9.17, 15) is 16.8 Å². The summed E-state index contributed by atoms with van der Waals surface area (Å²) >= 11 is 0. The van der Waals surface area contributed by atoms with Crippen LogP contribution in [0, 0.1) is 13.8 Å². The Bertz CT molecular complexity index is 709. The number of hydrogen-bond donors (Lipinski definition) is 1. The predicted molar refractivity (Wildman–Crippen MR) is 79.9 cm³/mol. The fourth-order valence-corrected chi connectivity index (χ4v) is 4.00. The Morgan fingerprint density at radius 3 is 2.10 bits per heavy atom. The number of nitrogen functional groups attached to an aromatic ring is 1. The van der Waals surface area contributed by atoms with E-state index in [-0.39, 0.29) is 22.9 Å². The zero-order valence-corrected chi connectivity index (χ0v) is 13.7. The molecule has 0 saturated carbocycles. The van der Waals surface area contributed by atoms with Crippen molar-refractivity contribution >= 4 is 25.5 Å². The van der Waals surface area contributed by atoms with Crippen LogP contribution in [0.25, 0.3) is 0 Å². The van der Waals surface area contributed by atoms with Crippen LogP contribution >= 0.6 is 0 Å². The summed E-state index contributed by atoms with van der Waals surface area (Å²) in [7, 11) is -5.68. The molecule has 20 heavy (non-hydrogen) atoms. The molecule has 0 bridgehead atoms. The highest BCUT2D eigenvalue weighted by Gasteiger charge is 2.26. The predicted octanol–water partition coefficient (Wildman–Crippen LogP) is 0.551. The van der Waals surface area contributed by atoms with Gasteiger partial charge in [-0.25, -0.2) is 16.8 Å². The monoisotopic (exact) mass is 320 g/mol. The van der Waals surface area contributed by atoms with Gasteiger partial charge in [0.25, 0.3) is 0 Å². The number of nitrogens with two attached hydrogens (primary N) is 1. The van der Waals surface area contributed by atoms with Crippen molar-refractivity contribution < 1.29 is 16.8 Å². The van der Waals surface area contributed by atoms with Crippen LogP contribution in [0.3, 0.4) is 0 Å². The molecule has 0 spiro atoms. The SMILES string of the molecule is Cc1ccc(C)c(S(=O)(=O)N(C)CCS(C)(=O)=O)c1N. The number of sulfone groups is 1. The van der Waals surface area contributed by atoms with E-state index in [2.05, 4.69) is 0 Å². The first-order chi connectivity index (χ1) is 8.97. The first-order valence-corrected chi connectivity index (χ1v) is 9.46.